The number of nitrogens with two attached hydrogens (primary N) is 1. The SMILES string of the molecule is C[C@@H]1[C@H](CSc2ccc(C(=O)O)cc2)O[C@H](c2cccc(-c3cccc(CN)c3)c2)O[C@@H]1c1ccc(CO)cc1. The van der Waals surface area contributed by atoms with E-state index in [0.717, 1.165) is 38.3 Å². The monoisotopic (exact) mass is 555 g/mol. The summed E-state index contributed by atoms with van der Waals surface area (Å²) < 4.78 is 13.2. The van der Waals surface area contributed by atoms with Gasteiger partial charge in [0, 0.05) is 28.7 Å². The molecule has 40 heavy (non-hydrogen) atoms. The Balaban J connectivity index is 1.42. The van der Waals surface area contributed by atoms with Crippen LogP contribution in [-0.4, -0.2) is 28.0 Å². The molecule has 0 spiro atoms. The maximum Gasteiger partial charge on any atom is 0.335 e. The second-order valence-electron chi connectivity index (χ2n) is 9.99. The predicted molar refractivity (Wildman–Crippen MR) is 157 cm³/mol. The molecule has 1 aliphatic rings. The molecule has 0 amide bonds. The molecule has 0 saturated carbocycles. The maximum absolute atomic E-state index is 11.2. The molecule has 0 unspecified atom stereocenters. The van der Waals surface area contributed by atoms with Crippen LogP contribution >= 0.6 is 11.8 Å². The minimum Gasteiger partial charge on any atom is -0.478 e. The van der Waals surface area contributed by atoms with Crippen LogP contribution in [0.5, 0.6) is 0 Å². The molecule has 1 aliphatic heterocycles. The molecule has 0 aliphatic carbocycles. The van der Waals surface area contributed by atoms with Crippen LogP contribution in [0.15, 0.2) is 102 Å². The highest BCUT2D eigenvalue weighted by molar-refractivity contribution is 7.99. The Kier molecular flexibility index (Phi) is 8.99. The fourth-order valence-electron chi connectivity index (χ4n) is 4.92. The molecule has 0 radical (unpaired) electrons. The molecule has 0 aromatic heterocycles. The third-order valence-electron chi connectivity index (χ3n) is 7.29. The van der Waals surface area contributed by atoms with Gasteiger partial charge < -0.3 is 25.4 Å². The summed E-state index contributed by atoms with van der Waals surface area (Å²) in [5.41, 5.74) is 12.2. The van der Waals surface area contributed by atoms with E-state index in [4.69, 9.17) is 15.2 Å². The number of rotatable bonds is 9. The molecule has 1 saturated heterocycles. The molecule has 7 heteroatoms. The highest BCUT2D eigenvalue weighted by atomic mass is 32.2. The molecule has 6 nitrogen and oxygen atoms in total. The van der Waals surface area contributed by atoms with Crippen molar-refractivity contribution >= 4 is 17.7 Å². The molecular formula is C33H33NO5S. The molecule has 4 aromatic carbocycles. The van der Waals surface area contributed by atoms with Gasteiger partial charge in [-0.05, 0) is 64.2 Å². The van der Waals surface area contributed by atoms with Gasteiger partial charge in [-0.3, -0.25) is 0 Å². The van der Waals surface area contributed by atoms with Crippen molar-refractivity contribution in [3.63, 3.8) is 0 Å². The lowest BCUT2D eigenvalue weighted by Gasteiger charge is -2.41. The predicted octanol–water partition coefficient (Wildman–Crippen LogP) is 6.59. The van der Waals surface area contributed by atoms with Crippen LogP contribution in [0.3, 0.4) is 0 Å². The zero-order chi connectivity index (χ0) is 28.1. The Morgan fingerprint density at radius 3 is 2.23 bits per heavy atom. The fraction of sp³-hybridized carbons (Fsp3) is 0.242. The number of aliphatic hydroxyl groups excluding tert-OH is 1. The summed E-state index contributed by atoms with van der Waals surface area (Å²) >= 11 is 1.64. The fourth-order valence-corrected chi connectivity index (χ4v) is 5.99. The van der Waals surface area contributed by atoms with Gasteiger partial charge in [-0.2, -0.15) is 0 Å². The summed E-state index contributed by atoms with van der Waals surface area (Å²) in [6.07, 6.45) is -0.915. The first kappa shape index (κ1) is 28.1. The Hall–Kier alpha value is -3.46. The van der Waals surface area contributed by atoms with Crippen molar-refractivity contribution in [2.75, 3.05) is 5.75 Å². The van der Waals surface area contributed by atoms with Gasteiger partial charge in [-0.25, -0.2) is 4.79 Å². The quantitative estimate of drug-likeness (QED) is 0.200. The second-order valence-corrected chi connectivity index (χ2v) is 11.1. The Bertz CT molecular complexity index is 1440. The van der Waals surface area contributed by atoms with Crippen LogP contribution in [0.25, 0.3) is 11.1 Å². The second kappa shape index (κ2) is 12.8. The highest BCUT2D eigenvalue weighted by Gasteiger charge is 2.38. The van der Waals surface area contributed by atoms with Gasteiger partial charge in [-0.15, -0.1) is 11.8 Å². The van der Waals surface area contributed by atoms with Crippen molar-refractivity contribution in [2.45, 2.75) is 43.5 Å². The maximum atomic E-state index is 11.2. The highest BCUT2D eigenvalue weighted by Crippen LogP contribution is 2.43. The molecule has 5 rings (SSSR count). The number of aromatic carboxylic acids is 1. The van der Waals surface area contributed by atoms with Gasteiger partial charge in [0.25, 0.3) is 0 Å². The molecule has 4 N–H and O–H groups in total. The minimum atomic E-state index is -0.937. The third-order valence-corrected chi connectivity index (χ3v) is 8.39. The molecule has 206 valence electrons. The van der Waals surface area contributed by atoms with Gasteiger partial charge in [0.05, 0.1) is 24.4 Å². The van der Waals surface area contributed by atoms with E-state index in [-0.39, 0.29) is 30.3 Å². The summed E-state index contributed by atoms with van der Waals surface area (Å²) in [7, 11) is 0. The summed E-state index contributed by atoms with van der Waals surface area (Å²) in [6, 6.07) is 31.2. The van der Waals surface area contributed by atoms with Gasteiger partial charge in [0.1, 0.15) is 0 Å². The normalized spacial score (nSPS) is 20.8. The number of carboxylic acid groups (broad SMARTS) is 1. The van der Waals surface area contributed by atoms with E-state index in [9.17, 15) is 15.0 Å². The third kappa shape index (κ3) is 6.46. The number of benzene rings is 4. The number of hydrogen-bond acceptors (Lipinski definition) is 6. The average Bonchev–Trinajstić information content (AvgIpc) is 3.01. The molecular weight excluding hydrogens is 522 g/mol. The van der Waals surface area contributed by atoms with E-state index in [1.165, 1.54) is 0 Å². The van der Waals surface area contributed by atoms with Crippen LogP contribution in [0, 0.1) is 5.92 Å². The van der Waals surface area contributed by atoms with E-state index >= 15 is 0 Å². The summed E-state index contributed by atoms with van der Waals surface area (Å²) in [5.74, 6) is -0.212. The zero-order valence-corrected chi connectivity index (χ0v) is 23.1. The van der Waals surface area contributed by atoms with Crippen molar-refractivity contribution in [1.82, 2.24) is 0 Å². The average molecular weight is 556 g/mol. The van der Waals surface area contributed by atoms with E-state index in [1.54, 1.807) is 23.9 Å². The lowest BCUT2D eigenvalue weighted by molar-refractivity contribution is -0.268. The van der Waals surface area contributed by atoms with E-state index < -0.39 is 12.3 Å². The van der Waals surface area contributed by atoms with Crippen molar-refractivity contribution < 1.29 is 24.5 Å². The standard InChI is InChI=1S/C33H33NO5S/c1-21-30(20-40-29-14-12-25(13-15-29)32(36)37)38-33(39-31(21)24-10-8-22(19-35)9-11-24)28-7-3-6-27(17-28)26-5-2-4-23(16-26)18-34/h2-17,21,30-31,33,35H,18-20,34H2,1H3,(H,36,37)/t21-,30+,31+,33+/m1/s1. The number of carboxylic acids is 1. The molecule has 1 fully saturated rings. The smallest absolute Gasteiger partial charge is 0.335 e. The molecule has 4 atom stereocenters. The summed E-state index contributed by atoms with van der Waals surface area (Å²) in [6.45, 7) is 2.61. The lowest BCUT2D eigenvalue weighted by Crippen LogP contribution is -2.38. The van der Waals surface area contributed by atoms with Gasteiger partial charge >= 0.3 is 5.97 Å². The Morgan fingerprint density at radius 1 is 0.850 bits per heavy atom. The molecule has 0 bridgehead atoms. The first-order valence-corrected chi connectivity index (χ1v) is 14.3. The van der Waals surface area contributed by atoms with E-state index in [1.807, 2.05) is 60.7 Å². The minimum absolute atomic E-state index is 0.00875. The number of aliphatic hydroxyl groups is 1. The largest absolute Gasteiger partial charge is 0.478 e. The number of thioether (sulfide) groups is 1. The van der Waals surface area contributed by atoms with Crippen molar-refractivity contribution in [3.8, 4) is 11.1 Å². The van der Waals surface area contributed by atoms with E-state index in [2.05, 4.69) is 31.2 Å². The van der Waals surface area contributed by atoms with Crippen LogP contribution in [0.4, 0.5) is 0 Å². The zero-order valence-electron chi connectivity index (χ0n) is 22.3. The number of hydrogen-bond donors (Lipinski definition) is 3. The summed E-state index contributed by atoms with van der Waals surface area (Å²) in [4.78, 5) is 12.2. The number of carbonyl (C=O) groups is 1. The van der Waals surface area contributed by atoms with Crippen molar-refractivity contribution in [3.05, 3.63) is 125 Å². The van der Waals surface area contributed by atoms with Crippen molar-refractivity contribution in [2.24, 2.45) is 11.7 Å². The van der Waals surface area contributed by atoms with Crippen LogP contribution in [-0.2, 0) is 22.6 Å². The van der Waals surface area contributed by atoms with Crippen LogP contribution < -0.4 is 5.73 Å². The van der Waals surface area contributed by atoms with Crippen LogP contribution in [0.2, 0.25) is 0 Å². The van der Waals surface area contributed by atoms with Crippen LogP contribution in [0.1, 0.15) is 51.9 Å². The Morgan fingerprint density at radius 2 is 1.55 bits per heavy atom. The first-order valence-electron chi connectivity index (χ1n) is 13.3. The van der Waals surface area contributed by atoms with Gasteiger partial charge in [-0.1, -0.05) is 67.6 Å². The first-order chi connectivity index (χ1) is 19.4. The van der Waals surface area contributed by atoms with Gasteiger partial charge in [0.15, 0.2) is 6.29 Å². The number of ether oxygens (including phenoxy) is 2. The summed E-state index contributed by atoms with van der Waals surface area (Å²) in [5, 5.41) is 18.7. The lowest BCUT2D eigenvalue weighted by atomic mass is 9.91. The molecule has 1 heterocycles. The van der Waals surface area contributed by atoms with Crippen molar-refractivity contribution in [1.29, 1.82) is 0 Å². The molecule has 4 aromatic rings. The van der Waals surface area contributed by atoms with E-state index in [0.29, 0.717) is 12.3 Å². The van der Waals surface area contributed by atoms with Gasteiger partial charge in [0.2, 0.25) is 0 Å². The Labute approximate surface area is 238 Å². The topological polar surface area (TPSA) is 102 Å².